The number of nitrogen functional groups attached to an aromatic ring is 2. The minimum absolute atomic E-state index is 0.226. The van der Waals surface area contributed by atoms with Gasteiger partial charge in [-0.05, 0) is 30.2 Å². The first-order valence-electron chi connectivity index (χ1n) is 4.61. The minimum atomic E-state index is -0.355. The Morgan fingerprint density at radius 2 is 2.07 bits per heavy atom. The number of hydrogen-bond donors (Lipinski definition) is 3. The molecule has 1 amide bonds. The zero-order chi connectivity index (χ0) is 11.4. The number of aryl methyl sites for hydroxylation is 1. The average Bonchev–Trinajstić information content (AvgIpc) is 2.13. The second-order valence-electron chi connectivity index (χ2n) is 3.41. The molecular formula is C11H15N3O. The van der Waals surface area contributed by atoms with Crippen molar-refractivity contribution in [2.24, 2.45) is 5.73 Å². The zero-order valence-electron chi connectivity index (χ0n) is 8.66. The second-order valence-corrected chi connectivity index (χ2v) is 3.41. The summed E-state index contributed by atoms with van der Waals surface area (Å²) in [4.78, 5) is 10.5. The fourth-order valence-electron chi connectivity index (χ4n) is 1.26. The Bertz CT molecular complexity index is 387. The summed E-state index contributed by atoms with van der Waals surface area (Å²) >= 11 is 0. The van der Waals surface area contributed by atoms with Gasteiger partial charge in [-0.15, -0.1) is 0 Å². The molecule has 0 aromatic heterocycles. The van der Waals surface area contributed by atoms with Gasteiger partial charge in [-0.25, -0.2) is 0 Å². The predicted octanol–water partition coefficient (Wildman–Crippen LogP) is 1.05. The van der Waals surface area contributed by atoms with Crippen LogP contribution >= 0.6 is 0 Å². The minimum Gasteiger partial charge on any atom is -0.397 e. The number of amides is 1. The lowest BCUT2D eigenvalue weighted by Gasteiger charge is -2.05. The first-order chi connectivity index (χ1) is 7.00. The SMILES string of the molecule is Cc1cc(C=CCC(N)=O)cc(N)c1N. The van der Waals surface area contributed by atoms with Crippen molar-refractivity contribution in [1.29, 1.82) is 0 Å². The molecule has 0 heterocycles. The number of carbonyl (C=O) groups excluding carboxylic acids is 1. The fourth-order valence-corrected chi connectivity index (χ4v) is 1.26. The molecule has 6 N–H and O–H groups in total. The highest BCUT2D eigenvalue weighted by Crippen LogP contribution is 2.22. The molecule has 0 aliphatic heterocycles. The molecular weight excluding hydrogens is 190 g/mol. The highest BCUT2D eigenvalue weighted by Gasteiger charge is 1.99. The van der Waals surface area contributed by atoms with Gasteiger partial charge in [0.1, 0.15) is 0 Å². The number of anilines is 2. The number of benzene rings is 1. The Labute approximate surface area is 88.7 Å². The standard InChI is InChI=1S/C11H15N3O/c1-7-5-8(3-2-4-10(13)15)6-9(12)11(7)14/h2-3,5-6H,4,12,14H2,1H3,(H2,13,15). The van der Waals surface area contributed by atoms with Crippen molar-refractivity contribution in [1.82, 2.24) is 0 Å². The van der Waals surface area contributed by atoms with E-state index >= 15 is 0 Å². The van der Waals surface area contributed by atoms with Gasteiger partial charge in [0.2, 0.25) is 5.91 Å². The highest BCUT2D eigenvalue weighted by atomic mass is 16.1. The van der Waals surface area contributed by atoms with E-state index in [1.165, 1.54) is 0 Å². The van der Waals surface area contributed by atoms with Crippen LogP contribution in [0.3, 0.4) is 0 Å². The van der Waals surface area contributed by atoms with Crippen molar-refractivity contribution >= 4 is 23.4 Å². The third-order valence-corrected chi connectivity index (χ3v) is 2.07. The Kier molecular flexibility index (Phi) is 3.33. The Morgan fingerprint density at radius 1 is 1.40 bits per heavy atom. The van der Waals surface area contributed by atoms with Crippen LogP contribution in [0.25, 0.3) is 6.08 Å². The van der Waals surface area contributed by atoms with Crippen molar-refractivity contribution in [3.05, 3.63) is 29.3 Å². The van der Waals surface area contributed by atoms with Crippen LogP contribution in [0.4, 0.5) is 11.4 Å². The fraction of sp³-hybridized carbons (Fsp3) is 0.182. The van der Waals surface area contributed by atoms with E-state index in [2.05, 4.69) is 0 Å². The maximum atomic E-state index is 10.5. The normalized spacial score (nSPS) is 10.7. The van der Waals surface area contributed by atoms with Crippen molar-refractivity contribution in [3.8, 4) is 0 Å². The third kappa shape index (κ3) is 3.02. The molecule has 0 aliphatic rings. The van der Waals surface area contributed by atoms with Gasteiger partial charge in [0.05, 0.1) is 11.4 Å². The number of rotatable bonds is 3. The third-order valence-electron chi connectivity index (χ3n) is 2.07. The van der Waals surface area contributed by atoms with E-state index in [9.17, 15) is 4.79 Å². The van der Waals surface area contributed by atoms with Crippen molar-refractivity contribution in [3.63, 3.8) is 0 Å². The number of nitrogens with two attached hydrogens (primary N) is 3. The van der Waals surface area contributed by atoms with E-state index < -0.39 is 0 Å². The molecule has 0 spiro atoms. The van der Waals surface area contributed by atoms with E-state index in [1.54, 1.807) is 18.2 Å². The molecule has 0 fully saturated rings. The second kappa shape index (κ2) is 4.50. The van der Waals surface area contributed by atoms with Crippen LogP contribution in [-0.2, 0) is 4.79 Å². The van der Waals surface area contributed by atoms with Crippen molar-refractivity contribution in [2.75, 3.05) is 11.5 Å². The van der Waals surface area contributed by atoms with Gasteiger partial charge >= 0.3 is 0 Å². The van der Waals surface area contributed by atoms with Gasteiger partial charge in [-0.1, -0.05) is 12.2 Å². The number of carbonyl (C=O) groups is 1. The first-order valence-corrected chi connectivity index (χ1v) is 4.61. The maximum absolute atomic E-state index is 10.5. The summed E-state index contributed by atoms with van der Waals surface area (Å²) in [7, 11) is 0. The Hall–Kier alpha value is -1.97. The van der Waals surface area contributed by atoms with Crippen molar-refractivity contribution in [2.45, 2.75) is 13.3 Å². The predicted molar refractivity (Wildman–Crippen MR) is 62.8 cm³/mol. The molecule has 0 atom stereocenters. The quantitative estimate of drug-likeness (QED) is 0.643. The summed E-state index contributed by atoms with van der Waals surface area (Å²) in [6.07, 6.45) is 3.73. The monoisotopic (exact) mass is 205 g/mol. The Balaban J connectivity index is 2.87. The largest absolute Gasteiger partial charge is 0.397 e. The van der Waals surface area contributed by atoms with E-state index in [0.29, 0.717) is 11.4 Å². The van der Waals surface area contributed by atoms with Crippen LogP contribution in [0.2, 0.25) is 0 Å². The lowest BCUT2D eigenvalue weighted by atomic mass is 10.1. The van der Waals surface area contributed by atoms with Crippen LogP contribution in [0.5, 0.6) is 0 Å². The van der Waals surface area contributed by atoms with E-state index in [4.69, 9.17) is 17.2 Å². The van der Waals surface area contributed by atoms with Crippen LogP contribution in [0.1, 0.15) is 17.5 Å². The summed E-state index contributed by atoms with van der Waals surface area (Å²) in [5, 5.41) is 0. The van der Waals surface area contributed by atoms with Crippen LogP contribution in [0.15, 0.2) is 18.2 Å². The van der Waals surface area contributed by atoms with Gasteiger partial charge in [-0.2, -0.15) is 0 Å². The maximum Gasteiger partial charge on any atom is 0.221 e. The molecule has 1 aromatic carbocycles. The van der Waals surface area contributed by atoms with Gasteiger partial charge in [0.15, 0.2) is 0 Å². The smallest absolute Gasteiger partial charge is 0.221 e. The van der Waals surface area contributed by atoms with Crippen molar-refractivity contribution < 1.29 is 4.79 Å². The van der Waals surface area contributed by atoms with E-state index in [0.717, 1.165) is 11.1 Å². The molecule has 0 aliphatic carbocycles. The average molecular weight is 205 g/mol. The van der Waals surface area contributed by atoms with Crippen LogP contribution in [-0.4, -0.2) is 5.91 Å². The molecule has 15 heavy (non-hydrogen) atoms. The molecule has 0 radical (unpaired) electrons. The van der Waals surface area contributed by atoms with Gasteiger partial charge in [0.25, 0.3) is 0 Å². The first kappa shape index (κ1) is 11.1. The van der Waals surface area contributed by atoms with Crippen LogP contribution in [0, 0.1) is 6.92 Å². The number of primary amides is 1. The van der Waals surface area contributed by atoms with Gasteiger partial charge < -0.3 is 17.2 Å². The van der Waals surface area contributed by atoms with Gasteiger partial charge in [-0.3, -0.25) is 4.79 Å². The molecule has 0 saturated heterocycles. The molecule has 0 bridgehead atoms. The summed E-state index contributed by atoms with van der Waals surface area (Å²) < 4.78 is 0. The molecule has 1 rings (SSSR count). The topological polar surface area (TPSA) is 95.1 Å². The molecule has 4 nitrogen and oxygen atoms in total. The van der Waals surface area contributed by atoms with E-state index in [-0.39, 0.29) is 12.3 Å². The molecule has 80 valence electrons. The van der Waals surface area contributed by atoms with Gasteiger partial charge in [0, 0.05) is 6.42 Å². The molecule has 0 saturated carbocycles. The molecule has 0 unspecified atom stereocenters. The summed E-state index contributed by atoms with van der Waals surface area (Å²) in [6, 6.07) is 3.67. The summed E-state index contributed by atoms with van der Waals surface area (Å²) in [5.74, 6) is -0.355. The Morgan fingerprint density at radius 3 is 2.60 bits per heavy atom. The molecule has 1 aromatic rings. The highest BCUT2D eigenvalue weighted by molar-refractivity contribution is 5.77. The number of hydrogen-bond acceptors (Lipinski definition) is 3. The van der Waals surface area contributed by atoms with E-state index in [1.807, 2.05) is 13.0 Å². The zero-order valence-corrected chi connectivity index (χ0v) is 8.66. The lowest BCUT2D eigenvalue weighted by molar-refractivity contribution is -0.117. The van der Waals surface area contributed by atoms with Crippen LogP contribution < -0.4 is 17.2 Å². The molecule has 4 heteroatoms. The lowest BCUT2D eigenvalue weighted by Crippen LogP contribution is -2.07. The summed E-state index contributed by atoms with van der Waals surface area (Å²) in [6.45, 7) is 1.89. The summed E-state index contributed by atoms with van der Waals surface area (Å²) in [5.41, 5.74) is 19.4.